The van der Waals surface area contributed by atoms with Crippen LogP contribution in [0.4, 0.5) is 0 Å². The van der Waals surface area contributed by atoms with Crippen molar-refractivity contribution in [2.24, 2.45) is 0 Å². The second-order valence-corrected chi connectivity index (χ2v) is 3.43. The molecule has 0 aliphatic heterocycles. The topological polar surface area (TPSA) is 82.1 Å². The van der Waals surface area contributed by atoms with Gasteiger partial charge >= 0.3 is 11.9 Å². The summed E-state index contributed by atoms with van der Waals surface area (Å²) in [5, 5.41) is 9.51. The van der Waals surface area contributed by atoms with E-state index in [2.05, 4.69) is 9.47 Å². The van der Waals surface area contributed by atoms with E-state index in [1.165, 1.54) is 33.5 Å². The van der Waals surface area contributed by atoms with Crippen molar-refractivity contribution in [2.45, 2.75) is 6.42 Å². The van der Waals surface area contributed by atoms with Crippen molar-refractivity contribution < 1.29 is 28.9 Å². The van der Waals surface area contributed by atoms with Crippen molar-refractivity contribution in [3.8, 4) is 11.5 Å². The fourth-order valence-corrected chi connectivity index (χ4v) is 1.52. The first-order valence-corrected chi connectivity index (χ1v) is 5.08. The molecule has 18 heavy (non-hydrogen) atoms. The molecule has 1 aromatic rings. The van der Waals surface area contributed by atoms with Gasteiger partial charge in [0, 0.05) is 6.07 Å². The Labute approximate surface area is 104 Å². The zero-order valence-electron chi connectivity index (χ0n) is 10.4. The predicted octanol–water partition coefficient (Wildman–Crippen LogP) is 0.903. The minimum atomic E-state index is -0.647. The lowest BCUT2D eigenvalue weighted by Gasteiger charge is -2.12. The number of carbonyl (C=O) groups is 2. The second kappa shape index (κ2) is 5.90. The number of esters is 2. The van der Waals surface area contributed by atoms with Crippen molar-refractivity contribution in [1.29, 1.82) is 0 Å². The molecule has 0 amide bonds. The average molecular weight is 254 g/mol. The van der Waals surface area contributed by atoms with Gasteiger partial charge in [0.2, 0.25) is 0 Å². The Bertz CT molecular complexity index is 466. The summed E-state index contributed by atoms with van der Waals surface area (Å²) in [6, 6.07) is 2.57. The van der Waals surface area contributed by atoms with Crippen LogP contribution >= 0.6 is 0 Å². The number of hydrogen-bond acceptors (Lipinski definition) is 6. The fourth-order valence-electron chi connectivity index (χ4n) is 1.52. The number of ether oxygens (including phenoxy) is 3. The monoisotopic (exact) mass is 254 g/mol. The summed E-state index contributed by atoms with van der Waals surface area (Å²) < 4.78 is 14.1. The Morgan fingerprint density at radius 3 is 2.33 bits per heavy atom. The molecular weight excluding hydrogens is 240 g/mol. The standard InChI is InChI=1S/C12H14O6/c1-16-9-6-8(13)4-7(5-10(14)17-2)11(9)12(15)18-3/h4,6,13H,5H2,1-3H3. The lowest BCUT2D eigenvalue weighted by atomic mass is 10.0. The van der Waals surface area contributed by atoms with Gasteiger partial charge in [-0.2, -0.15) is 0 Å². The van der Waals surface area contributed by atoms with Gasteiger partial charge in [0.05, 0.1) is 27.8 Å². The molecule has 0 saturated heterocycles. The maximum Gasteiger partial charge on any atom is 0.341 e. The average Bonchev–Trinajstić information content (AvgIpc) is 2.36. The highest BCUT2D eigenvalue weighted by atomic mass is 16.5. The highest BCUT2D eigenvalue weighted by molar-refractivity contribution is 5.95. The minimum absolute atomic E-state index is 0.100. The molecule has 0 fully saturated rings. The fraction of sp³-hybridized carbons (Fsp3) is 0.333. The summed E-state index contributed by atoms with van der Waals surface area (Å²) in [7, 11) is 3.81. The summed E-state index contributed by atoms with van der Waals surface area (Å²) in [4.78, 5) is 22.9. The van der Waals surface area contributed by atoms with Crippen LogP contribution in [-0.4, -0.2) is 38.4 Å². The Balaban J connectivity index is 3.32. The van der Waals surface area contributed by atoms with Gasteiger partial charge in [-0.3, -0.25) is 4.79 Å². The molecular formula is C12H14O6. The summed E-state index contributed by atoms with van der Waals surface area (Å²) >= 11 is 0. The number of phenols is 1. The number of hydrogen-bond donors (Lipinski definition) is 1. The maximum atomic E-state index is 11.7. The first-order valence-electron chi connectivity index (χ1n) is 5.08. The van der Waals surface area contributed by atoms with E-state index >= 15 is 0 Å². The first-order chi connectivity index (χ1) is 8.53. The third kappa shape index (κ3) is 2.91. The zero-order valence-corrected chi connectivity index (χ0v) is 10.4. The predicted molar refractivity (Wildman–Crippen MR) is 61.7 cm³/mol. The van der Waals surface area contributed by atoms with Crippen LogP contribution in [0.25, 0.3) is 0 Å². The molecule has 1 rings (SSSR count). The molecule has 0 aliphatic rings. The van der Waals surface area contributed by atoms with Crippen LogP contribution in [0, 0.1) is 0 Å². The molecule has 0 atom stereocenters. The lowest BCUT2D eigenvalue weighted by molar-refractivity contribution is -0.139. The number of rotatable bonds is 4. The zero-order chi connectivity index (χ0) is 13.7. The van der Waals surface area contributed by atoms with E-state index in [9.17, 15) is 14.7 Å². The largest absolute Gasteiger partial charge is 0.508 e. The number of carbonyl (C=O) groups excluding carboxylic acids is 2. The molecule has 0 heterocycles. The minimum Gasteiger partial charge on any atom is -0.508 e. The summed E-state index contributed by atoms with van der Waals surface area (Å²) in [6.07, 6.45) is -0.161. The van der Waals surface area contributed by atoms with Crippen LogP contribution in [0.15, 0.2) is 12.1 Å². The Hall–Kier alpha value is -2.24. The van der Waals surface area contributed by atoms with Gasteiger partial charge in [-0.25, -0.2) is 4.79 Å². The van der Waals surface area contributed by atoms with Gasteiger partial charge in [0.15, 0.2) is 0 Å². The smallest absolute Gasteiger partial charge is 0.341 e. The SMILES string of the molecule is COC(=O)Cc1cc(O)cc(OC)c1C(=O)OC. The third-order valence-electron chi connectivity index (χ3n) is 2.34. The van der Waals surface area contributed by atoms with Crippen molar-refractivity contribution in [1.82, 2.24) is 0 Å². The molecule has 6 heteroatoms. The van der Waals surface area contributed by atoms with Crippen LogP contribution in [0.1, 0.15) is 15.9 Å². The molecule has 0 saturated carbocycles. The van der Waals surface area contributed by atoms with Crippen molar-refractivity contribution in [3.05, 3.63) is 23.3 Å². The normalized spacial score (nSPS) is 9.72. The Morgan fingerprint density at radius 1 is 1.17 bits per heavy atom. The second-order valence-electron chi connectivity index (χ2n) is 3.43. The number of phenolic OH excluding ortho intramolecular Hbond substituents is 1. The molecule has 1 aromatic carbocycles. The molecule has 0 spiro atoms. The number of methoxy groups -OCH3 is 3. The Morgan fingerprint density at radius 2 is 1.83 bits per heavy atom. The molecule has 0 bridgehead atoms. The molecule has 6 nitrogen and oxygen atoms in total. The first kappa shape index (κ1) is 13.8. The van der Waals surface area contributed by atoms with E-state index < -0.39 is 11.9 Å². The summed E-state index contributed by atoms with van der Waals surface area (Å²) in [5.41, 5.74) is 0.383. The number of benzene rings is 1. The van der Waals surface area contributed by atoms with Crippen molar-refractivity contribution >= 4 is 11.9 Å². The van der Waals surface area contributed by atoms with Crippen LogP contribution in [-0.2, 0) is 20.7 Å². The third-order valence-corrected chi connectivity index (χ3v) is 2.34. The summed E-state index contributed by atoms with van der Waals surface area (Å²) in [5.74, 6) is -1.15. The van der Waals surface area contributed by atoms with E-state index in [1.54, 1.807) is 0 Å². The van der Waals surface area contributed by atoms with Crippen molar-refractivity contribution in [2.75, 3.05) is 21.3 Å². The van der Waals surface area contributed by atoms with E-state index in [0.29, 0.717) is 0 Å². The van der Waals surface area contributed by atoms with Gasteiger partial charge in [0.1, 0.15) is 17.1 Å². The van der Waals surface area contributed by atoms with Crippen LogP contribution in [0.3, 0.4) is 0 Å². The Kier molecular flexibility index (Phi) is 4.53. The van der Waals surface area contributed by atoms with Crippen molar-refractivity contribution in [3.63, 3.8) is 0 Å². The molecule has 0 aliphatic carbocycles. The maximum absolute atomic E-state index is 11.7. The van der Waals surface area contributed by atoms with Gasteiger partial charge in [-0.15, -0.1) is 0 Å². The van der Waals surface area contributed by atoms with Gasteiger partial charge in [-0.05, 0) is 11.6 Å². The summed E-state index contributed by atoms with van der Waals surface area (Å²) in [6.45, 7) is 0. The molecule has 0 radical (unpaired) electrons. The lowest BCUT2D eigenvalue weighted by Crippen LogP contribution is -2.12. The highest BCUT2D eigenvalue weighted by Crippen LogP contribution is 2.29. The van der Waals surface area contributed by atoms with Crippen LogP contribution in [0.2, 0.25) is 0 Å². The molecule has 1 N–H and O–H groups in total. The van der Waals surface area contributed by atoms with E-state index in [4.69, 9.17) is 4.74 Å². The molecule has 0 unspecified atom stereocenters. The molecule has 98 valence electrons. The van der Waals surface area contributed by atoms with Gasteiger partial charge in [0.25, 0.3) is 0 Å². The van der Waals surface area contributed by atoms with Crippen LogP contribution in [0.5, 0.6) is 11.5 Å². The van der Waals surface area contributed by atoms with Gasteiger partial charge in [-0.1, -0.05) is 0 Å². The van der Waals surface area contributed by atoms with Gasteiger partial charge < -0.3 is 19.3 Å². The number of aromatic hydroxyl groups is 1. The molecule has 0 aromatic heterocycles. The van der Waals surface area contributed by atoms with E-state index in [1.807, 2.05) is 0 Å². The van der Waals surface area contributed by atoms with E-state index in [0.717, 1.165) is 0 Å². The highest BCUT2D eigenvalue weighted by Gasteiger charge is 2.21. The van der Waals surface area contributed by atoms with E-state index in [-0.39, 0.29) is 29.0 Å². The quantitative estimate of drug-likeness (QED) is 0.804. The van der Waals surface area contributed by atoms with Crippen LogP contribution < -0.4 is 4.74 Å².